The number of nitrogens with two attached hydrogens (primary N) is 1. The van der Waals surface area contributed by atoms with Gasteiger partial charge in [-0.25, -0.2) is 4.98 Å². The van der Waals surface area contributed by atoms with E-state index in [-0.39, 0.29) is 5.91 Å². The molecule has 22 heavy (non-hydrogen) atoms. The number of pyridine rings is 2. The predicted molar refractivity (Wildman–Crippen MR) is 83.9 cm³/mol. The Morgan fingerprint density at radius 2 is 1.95 bits per heavy atom. The van der Waals surface area contributed by atoms with Gasteiger partial charge in [-0.3, -0.25) is 9.78 Å². The van der Waals surface area contributed by atoms with Crippen LogP contribution in [-0.2, 0) is 0 Å². The van der Waals surface area contributed by atoms with Crippen molar-refractivity contribution in [1.29, 1.82) is 0 Å². The van der Waals surface area contributed by atoms with E-state index in [2.05, 4.69) is 15.3 Å². The van der Waals surface area contributed by atoms with E-state index in [1.54, 1.807) is 31.3 Å². The SMILES string of the molecule is CNC(=O)c1cc(Oc2ccc3nc(N)ccc3c2)ccn1. The van der Waals surface area contributed by atoms with Crippen LogP contribution in [0.4, 0.5) is 5.82 Å². The van der Waals surface area contributed by atoms with Crippen molar-refractivity contribution in [3.8, 4) is 11.5 Å². The summed E-state index contributed by atoms with van der Waals surface area (Å²) in [5, 5.41) is 3.45. The number of rotatable bonds is 3. The third-order valence-electron chi connectivity index (χ3n) is 3.11. The molecule has 0 atom stereocenters. The van der Waals surface area contributed by atoms with Gasteiger partial charge in [-0.1, -0.05) is 0 Å². The Bertz CT molecular complexity index is 848. The average Bonchev–Trinajstić information content (AvgIpc) is 2.54. The number of hydrogen-bond acceptors (Lipinski definition) is 5. The van der Waals surface area contributed by atoms with E-state index in [9.17, 15) is 4.79 Å². The highest BCUT2D eigenvalue weighted by atomic mass is 16.5. The number of nitrogens with one attached hydrogen (secondary N) is 1. The number of nitrogen functional groups attached to an aromatic ring is 1. The molecule has 0 aliphatic heterocycles. The molecule has 1 amide bonds. The number of carbonyl (C=O) groups is 1. The van der Waals surface area contributed by atoms with Crippen LogP contribution in [0.2, 0.25) is 0 Å². The zero-order chi connectivity index (χ0) is 15.5. The molecule has 110 valence electrons. The highest BCUT2D eigenvalue weighted by Gasteiger charge is 2.07. The van der Waals surface area contributed by atoms with E-state index in [4.69, 9.17) is 10.5 Å². The lowest BCUT2D eigenvalue weighted by molar-refractivity contribution is 0.0958. The van der Waals surface area contributed by atoms with Gasteiger partial charge in [-0.2, -0.15) is 0 Å². The number of anilines is 1. The van der Waals surface area contributed by atoms with Crippen LogP contribution in [-0.4, -0.2) is 22.9 Å². The van der Waals surface area contributed by atoms with Crippen LogP contribution < -0.4 is 15.8 Å². The number of aromatic nitrogens is 2. The van der Waals surface area contributed by atoms with Gasteiger partial charge in [0.1, 0.15) is 23.0 Å². The van der Waals surface area contributed by atoms with Gasteiger partial charge in [0.05, 0.1) is 5.52 Å². The lowest BCUT2D eigenvalue weighted by atomic mass is 10.2. The Morgan fingerprint density at radius 1 is 1.14 bits per heavy atom. The zero-order valence-electron chi connectivity index (χ0n) is 11.9. The quantitative estimate of drug-likeness (QED) is 0.774. The topological polar surface area (TPSA) is 90.1 Å². The van der Waals surface area contributed by atoms with E-state index >= 15 is 0 Å². The summed E-state index contributed by atoms with van der Waals surface area (Å²) in [4.78, 5) is 19.8. The Hall–Kier alpha value is -3.15. The minimum atomic E-state index is -0.261. The van der Waals surface area contributed by atoms with E-state index < -0.39 is 0 Å². The molecule has 2 heterocycles. The molecular formula is C16H14N4O2. The number of benzene rings is 1. The van der Waals surface area contributed by atoms with Crippen molar-refractivity contribution >= 4 is 22.6 Å². The molecule has 3 rings (SSSR count). The van der Waals surface area contributed by atoms with Crippen LogP contribution in [0, 0.1) is 0 Å². The highest BCUT2D eigenvalue weighted by molar-refractivity contribution is 5.92. The van der Waals surface area contributed by atoms with Gasteiger partial charge in [-0.15, -0.1) is 0 Å². The van der Waals surface area contributed by atoms with Gasteiger partial charge in [-0.05, 0) is 36.4 Å². The molecule has 0 radical (unpaired) electrons. The molecule has 0 unspecified atom stereocenters. The Balaban J connectivity index is 1.89. The molecule has 2 aromatic heterocycles. The van der Waals surface area contributed by atoms with Crippen LogP contribution in [0.25, 0.3) is 10.9 Å². The maximum atomic E-state index is 11.6. The first kappa shape index (κ1) is 13.8. The normalized spacial score (nSPS) is 10.4. The average molecular weight is 294 g/mol. The molecule has 0 aliphatic carbocycles. The number of amides is 1. The largest absolute Gasteiger partial charge is 0.457 e. The van der Waals surface area contributed by atoms with E-state index in [1.165, 1.54) is 6.20 Å². The van der Waals surface area contributed by atoms with Gasteiger partial charge in [0.2, 0.25) is 0 Å². The fourth-order valence-electron chi connectivity index (χ4n) is 2.05. The van der Waals surface area contributed by atoms with Crippen LogP contribution in [0.3, 0.4) is 0 Å². The molecule has 0 aliphatic rings. The van der Waals surface area contributed by atoms with Gasteiger partial charge in [0, 0.05) is 24.7 Å². The summed E-state index contributed by atoms with van der Waals surface area (Å²) in [6.45, 7) is 0. The number of fused-ring (bicyclic) bond motifs is 1. The van der Waals surface area contributed by atoms with E-state index in [1.807, 2.05) is 18.2 Å². The predicted octanol–water partition coefficient (Wildman–Crippen LogP) is 2.36. The fraction of sp³-hybridized carbons (Fsp3) is 0.0625. The second-order valence-corrected chi connectivity index (χ2v) is 4.65. The van der Waals surface area contributed by atoms with Crippen molar-refractivity contribution in [3.05, 3.63) is 54.4 Å². The minimum absolute atomic E-state index is 0.261. The maximum Gasteiger partial charge on any atom is 0.269 e. The van der Waals surface area contributed by atoms with Crippen molar-refractivity contribution in [2.45, 2.75) is 0 Å². The lowest BCUT2D eigenvalue weighted by Crippen LogP contribution is -2.18. The molecule has 0 saturated heterocycles. The fourth-order valence-corrected chi connectivity index (χ4v) is 2.05. The molecular weight excluding hydrogens is 280 g/mol. The van der Waals surface area contributed by atoms with E-state index in [0.717, 1.165) is 10.9 Å². The summed E-state index contributed by atoms with van der Waals surface area (Å²) in [7, 11) is 1.56. The van der Waals surface area contributed by atoms with Crippen molar-refractivity contribution in [2.75, 3.05) is 12.8 Å². The monoisotopic (exact) mass is 294 g/mol. The minimum Gasteiger partial charge on any atom is -0.457 e. The molecule has 6 heteroatoms. The molecule has 0 fully saturated rings. The molecule has 3 N–H and O–H groups in total. The van der Waals surface area contributed by atoms with Gasteiger partial charge in [0.25, 0.3) is 5.91 Å². The molecule has 3 aromatic rings. The molecule has 0 saturated carbocycles. The summed E-state index contributed by atoms with van der Waals surface area (Å²) < 4.78 is 5.77. The lowest BCUT2D eigenvalue weighted by Gasteiger charge is -2.08. The Kier molecular flexibility index (Phi) is 3.57. The van der Waals surface area contributed by atoms with Crippen molar-refractivity contribution < 1.29 is 9.53 Å². The van der Waals surface area contributed by atoms with Crippen LogP contribution in [0.1, 0.15) is 10.5 Å². The van der Waals surface area contributed by atoms with Gasteiger partial charge < -0.3 is 15.8 Å². The number of hydrogen-bond donors (Lipinski definition) is 2. The first-order chi connectivity index (χ1) is 10.7. The van der Waals surface area contributed by atoms with Crippen LogP contribution in [0.5, 0.6) is 11.5 Å². The Morgan fingerprint density at radius 3 is 2.77 bits per heavy atom. The molecule has 6 nitrogen and oxygen atoms in total. The summed E-state index contributed by atoms with van der Waals surface area (Å²) in [5.41, 5.74) is 6.76. The second-order valence-electron chi connectivity index (χ2n) is 4.65. The molecule has 1 aromatic carbocycles. The van der Waals surface area contributed by atoms with Gasteiger partial charge in [0.15, 0.2) is 0 Å². The standard InChI is InChI=1S/C16H14N4O2/c1-18-16(21)14-9-12(6-7-19-14)22-11-3-4-13-10(8-11)2-5-15(17)20-13/h2-9H,1H3,(H2,17,20)(H,18,21). The third-order valence-corrected chi connectivity index (χ3v) is 3.11. The summed E-state index contributed by atoms with van der Waals surface area (Å²) in [6.07, 6.45) is 1.53. The van der Waals surface area contributed by atoms with Crippen LogP contribution in [0.15, 0.2) is 48.7 Å². The zero-order valence-corrected chi connectivity index (χ0v) is 11.9. The number of ether oxygens (including phenoxy) is 1. The van der Waals surface area contributed by atoms with Crippen molar-refractivity contribution in [2.24, 2.45) is 0 Å². The summed E-state index contributed by atoms with van der Waals surface area (Å²) in [6, 6.07) is 12.4. The number of nitrogens with zero attached hydrogens (tertiary/aromatic N) is 2. The molecule has 0 bridgehead atoms. The van der Waals surface area contributed by atoms with Gasteiger partial charge >= 0.3 is 0 Å². The summed E-state index contributed by atoms with van der Waals surface area (Å²) >= 11 is 0. The summed E-state index contributed by atoms with van der Waals surface area (Å²) in [5.74, 6) is 1.40. The van der Waals surface area contributed by atoms with Crippen LogP contribution >= 0.6 is 0 Å². The second kappa shape index (κ2) is 5.69. The molecule has 0 spiro atoms. The smallest absolute Gasteiger partial charge is 0.269 e. The number of carbonyl (C=O) groups excluding carboxylic acids is 1. The highest BCUT2D eigenvalue weighted by Crippen LogP contribution is 2.25. The third kappa shape index (κ3) is 2.80. The Labute approximate surface area is 127 Å². The first-order valence-electron chi connectivity index (χ1n) is 6.68. The first-order valence-corrected chi connectivity index (χ1v) is 6.68. The van der Waals surface area contributed by atoms with E-state index in [0.29, 0.717) is 23.0 Å². The van der Waals surface area contributed by atoms with Crippen molar-refractivity contribution in [3.63, 3.8) is 0 Å². The van der Waals surface area contributed by atoms with Crippen molar-refractivity contribution in [1.82, 2.24) is 15.3 Å². The maximum absolute atomic E-state index is 11.6.